The number of aliphatic hydroxyl groups is 1. The van der Waals surface area contributed by atoms with Crippen molar-refractivity contribution in [1.82, 2.24) is 10.3 Å². The van der Waals surface area contributed by atoms with E-state index in [1.54, 1.807) is 0 Å². The minimum atomic E-state index is 0.236. The van der Waals surface area contributed by atoms with E-state index in [0.717, 1.165) is 37.3 Å². The van der Waals surface area contributed by atoms with E-state index in [-0.39, 0.29) is 6.61 Å². The molecule has 0 amide bonds. The molecule has 0 fully saturated rings. The number of rotatable bonds is 8. The quantitative estimate of drug-likeness (QED) is 0.741. The second-order valence-electron chi connectivity index (χ2n) is 4.35. The average molecular weight is 251 g/mol. The predicted octanol–water partition coefficient (Wildman–Crippen LogP) is 1.96. The molecule has 0 bridgehead atoms. The van der Waals surface area contributed by atoms with Crippen molar-refractivity contribution >= 4 is 5.69 Å². The van der Waals surface area contributed by atoms with E-state index >= 15 is 0 Å². The maximum atomic E-state index is 8.89. The van der Waals surface area contributed by atoms with Gasteiger partial charge in [0.15, 0.2) is 0 Å². The van der Waals surface area contributed by atoms with Crippen LogP contribution in [0, 0.1) is 0 Å². The van der Waals surface area contributed by atoms with Crippen LogP contribution in [0.25, 0.3) is 0 Å². The highest BCUT2D eigenvalue weighted by atomic mass is 16.3. The largest absolute Gasteiger partial charge is 0.396 e. The van der Waals surface area contributed by atoms with Crippen LogP contribution in [0.3, 0.4) is 0 Å². The summed E-state index contributed by atoms with van der Waals surface area (Å²) in [6.07, 6.45) is 3.75. The summed E-state index contributed by atoms with van der Waals surface area (Å²) >= 11 is 0. The molecule has 2 N–H and O–H groups in total. The van der Waals surface area contributed by atoms with Crippen LogP contribution >= 0.6 is 0 Å². The van der Waals surface area contributed by atoms with E-state index < -0.39 is 0 Å². The number of pyridine rings is 1. The lowest BCUT2D eigenvalue weighted by Gasteiger charge is -2.23. The number of hydrogen-bond acceptors (Lipinski definition) is 4. The first-order chi connectivity index (χ1) is 8.76. The fourth-order valence-electron chi connectivity index (χ4n) is 2.08. The van der Waals surface area contributed by atoms with E-state index in [1.165, 1.54) is 0 Å². The van der Waals surface area contributed by atoms with Crippen molar-refractivity contribution in [2.45, 2.75) is 32.7 Å². The standard InChI is InChI=1S/C14H25N3O/c1-4-13(15-3)14-8-7-12(11-16-14)17(5-2)9-6-10-18/h7-8,11,13,15,18H,4-6,9-10H2,1-3H3. The summed E-state index contributed by atoms with van der Waals surface area (Å²) in [7, 11) is 1.96. The minimum absolute atomic E-state index is 0.236. The van der Waals surface area contributed by atoms with Gasteiger partial charge in [0.05, 0.1) is 17.6 Å². The molecule has 0 aliphatic rings. The van der Waals surface area contributed by atoms with Gasteiger partial charge in [-0.2, -0.15) is 0 Å². The molecule has 0 spiro atoms. The number of hydrogen-bond donors (Lipinski definition) is 2. The molecule has 1 aromatic rings. The number of aromatic nitrogens is 1. The third-order valence-corrected chi connectivity index (χ3v) is 3.22. The first-order valence-corrected chi connectivity index (χ1v) is 6.75. The summed E-state index contributed by atoms with van der Waals surface area (Å²) in [5.74, 6) is 0. The molecule has 0 radical (unpaired) electrons. The molecule has 1 atom stereocenters. The van der Waals surface area contributed by atoms with Gasteiger partial charge in [-0.3, -0.25) is 4.98 Å². The molecule has 1 aromatic heterocycles. The summed E-state index contributed by atoms with van der Waals surface area (Å²) in [4.78, 5) is 6.76. The number of aliphatic hydroxyl groups excluding tert-OH is 1. The van der Waals surface area contributed by atoms with Gasteiger partial charge in [0.1, 0.15) is 0 Å². The predicted molar refractivity (Wildman–Crippen MR) is 75.9 cm³/mol. The lowest BCUT2D eigenvalue weighted by Crippen LogP contribution is -2.25. The van der Waals surface area contributed by atoms with E-state index in [0.29, 0.717) is 6.04 Å². The van der Waals surface area contributed by atoms with Crippen LogP contribution in [0.2, 0.25) is 0 Å². The van der Waals surface area contributed by atoms with Crippen LogP contribution in [-0.4, -0.2) is 36.8 Å². The Bertz CT molecular complexity index is 322. The van der Waals surface area contributed by atoms with Gasteiger partial charge in [0, 0.05) is 25.7 Å². The summed E-state index contributed by atoms with van der Waals surface area (Å²) in [6, 6.07) is 4.52. The second-order valence-corrected chi connectivity index (χ2v) is 4.35. The van der Waals surface area contributed by atoms with Crippen LogP contribution in [0.1, 0.15) is 38.4 Å². The molecule has 0 aliphatic heterocycles. The number of anilines is 1. The Morgan fingerprint density at radius 3 is 2.61 bits per heavy atom. The van der Waals surface area contributed by atoms with Crippen molar-refractivity contribution in [3.8, 4) is 0 Å². The third-order valence-electron chi connectivity index (χ3n) is 3.22. The molecule has 1 rings (SSSR count). The lowest BCUT2D eigenvalue weighted by molar-refractivity contribution is 0.289. The van der Waals surface area contributed by atoms with E-state index in [9.17, 15) is 0 Å². The van der Waals surface area contributed by atoms with Crippen molar-refractivity contribution in [1.29, 1.82) is 0 Å². The van der Waals surface area contributed by atoms with Crippen molar-refractivity contribution < 1.29 is 5.11 Å². The fraction of sp³-hybridized carbons (Fsp3) is 0.643. The van der Waals surface area contributed by atoms with Gasteiger partial charge in [-0.1, -0.05) is 6.92 Å². The number of nitrogens with zero attached hydrogens (tertiary/aromatic N) is 2. The van der Waals surface area contributed by atoms with Crippen molar-refractivity contribution in [3.63, 3.8) is 0 Å². The molecule has 18 heavy (non-hydrogen) atoms. The van der Waals surface area contributed by atoms with Gasteiger partial charge in [-0.15, -0.1) is 0 Å². The zero-order chi connectivity index (χ0) is 13.4. The Morgan fingerprint density at radius 2 is 2.17 bits per heavy atom. The summed E-state index contributed by atoms with van der Waals surface area (Å²) in [6.45, 7) is 6.31. The molecular weight excluding hydrogens is 226 g/mol. The molecule has 4 nitrogen and oxygen atoms in total. The topological polar surface area (TPSA) is 48.4 Å². The Balaban J connectivity index is 2.73. The highest BCUT2D eigenvalue weighted by molar-refractivity contribution is 5.44. The van der Waals surface area contributed by atoms with Gasteiger partial charge in [0.25, 0.3) is 0 Å². The molecule has 1 unspecified atom stereocenters. The first-order valence-electron chi connectivity index (χ1n) is 6.75. The Labute approximate surface area is 110 Å². The van der Waals surface area contributed by atoms with Crippen LogP contribution in [0.15, 0.2) is 18.3 Å². The molecule has 0 aliphatic carbocycles. The van der Waals surface area contributed by atoms with Crippen molar-refractivity contribution in [2.75, 3.05) is 31.6 Å². The lowest BCUT2D eigenvalue weighted by atomic mass is 10.1. The monoisotopic (exact) mass is 251 g/mol. The fourth-order valence-corrected chi connectivity index (χ4v) is 2.08. The maximum absolute atomic E-state index is 8.89. The normalized spacial score (nSPS) is 12.4. The zero-order valence-corrected chi connectivity index (χ0v) is 11.7. The molecule has 0 saturated heterocycles. The maximum Gasteiger partial charge on any atom is 0.0574 e. The van der Waals surface area contributed by atoms with Crippen LogP contribution < -0.4 is 10.2 Å². The third kappa shape index (κ3) is 3.96. The smallest absolute Gasteiger partial charge is 0.0574 e. The van der Waals surface area contributed by atoms with Crippen molar-refractivity contribution in [2.24, 2.45) is 0 Å². The SMILES string of the molecule is CCC(NC)c1ccc(N(CC)CCCO)cn1. The molecular formula is C14H25N3O. The Morgan fingerprint density at radius 1 is 1.39 bits per heavy atom. The van der Waals surface area contributed by atoms with Gasteiger partial charge >= 0.3 is 0 Å². The van der Waals surface area contributed by atoms with Crippen LogP contribution in [-0.2, 0) is 0 Å². The highest BCUT2D eigenvalue weighted by Crippen LogP contribution is 2.18. The summed E-state index contributed by atoms with van der Waals surface area (Å²) < 4.78 is 0. The zero-order valence-electron chi connectivity index (χ0n) is 11.7. The van der Waals surface area contributed by atoms with E-state index in [4.69, 9.17) is 5.11 Å². The van der Waals surface area contributed by atoms with Gasteiger partial charge in [-0.25, -0.2) is 0 Å². The molecule has 0 aromatic carbocycles. The summed E-state index contributed by atoms with van der Waals surface area (Å²) in [5, 5.41) is 12.1. The van der Waals surface area contributed by atoms with Crippen LogP contribution in [0.4, 0.5) is 5.69 Å². The average Bonchev–Trinajstić information content (AvgIpc) is 2.42. The molecule has 0 saturated carbocycles. The van der Waals surface area contributed by atoms with Gasteiger partial charge < -0.3 is 15.3 Å². The minimum Gasteiger partial charge on any atom is -0.396 e. The first kappa shape index (κ1) is 14.9. The van der Waals surface area contributed by atoms with Crippen molar-refractivity contribution in [3.05, 3.63) is 24.0 Å². The molecule has 4 heteroatoms. The van der Waals surface area contributed by atoms with Crippen LogP contribution in [0.5, 0.6) is 0 Å². The molecule has 1 heterocycles. The Hall–Kier alpha value is -1.13. The Kier molecular flexibility index (Phi) is 6.68. The number of nitrogens with one attached hydrogen (secondary N) is 1. The second kappa shape index (κ2) is 8.06. The van der Waals surface area contributed by atoms with Gasteiger partial charge in [-0.05, 0) is 38.9 Å². The highest BCUT2D eigenvalue weighted by Gasteiger charge is 2.09. The van der Waals surface area contributed by atoms with E-state index in [1.807, 2.05) is 13.2 Å². The van der Waals surface area contributed by atoms with Gasteiger partial charge in [0.2, 0.25) is 0 Å². The van der Waals surface area contributed by atoms with E-state index in [2.05, 4.69) is 41.2 Å². The molecule has 102 valence electrons. The summed E-state index contributed by atoms with van der Waals surface area (Å²) in [5.41, 5.74) is 2.21.